The molecule has 0 aliphatic rings. The van der Waals surface area contributed by atoms with Gasteiger partial charge in [0.25, 0.3) is 0 Å². The molecule has 3 nitrogen and oxygen atoms in total. The zero-order valence-corrected chi connectivity index (χ0v) is 15.2. The summed E-state index contributed by atoms with van der Waals surface area (Å²) in [5, 5.41) is 2.93. The number of rotatable bonds is 7. The summed E-state index contributed by atoms with van der Waals surface area (Å²) in [7, 11) is 0. The second-order valence-electron chi connectivity index (χ2n) is 5.43. The van der Waals surface area contributed by atoms with Gasteiger partial charge in [-0.2, -0.15) is 0 Å². The topological polar surface area (TPSA) is 38.3 Å². The largest absolute Gasteiger partial charge is 0.492 e. The highest BCUT2D eigenvalue weighted by Crippen LogP contribution is 2.26. The van der Waals surface area contributed by atoms with E-state index in [1.54, 1.807) is 0 Å². The van der Waals surface area contributed by atoms with Gasteiger partial charge in [0, 0.05) is 12.1 Å². The average molecular weight is 376 g/mol. The fourth-order valence-corrected chi connectivity index (χ4v) is 2.76. The lowest BCUT2D eigenvalue weighted by Crippen LogP contribution is -2.13. The third-order valence-electron chi connectivity index (χ3n) is 3.63. The van der Waals surface area contributed by atoms with E-state index in [4.69, 9.17) is 4.74 Å². The lowest BCUT2D eigenvalue weighted by atomic mass is 10.2. The number of aryl methyl sites for hydroxylation is 2. The predicted molar refractivity (Wildman–Crippen MR) is 98.1 cm³/mol. The van der Waals surface area contributed by atoms with E-state index in [2.05, 4.69) is 40.3 Å². The number of amides is 1. The van der Waals surface area contributed by atoms with Crippen molar-refractivity contribution < 1.29 is 9.53 Å². The molecule has 0 unspecified atom stereocenters. The maximum atomic E-state index is 12.0. The van der Waals surface area contributed by atoms with Crippen LogP contribution in [0.4, 0.5) is 5.69 Å². The molecule has 1 amide bonds. The standard InChI is InChI=1S/C19H22BrNO2/c1-3-15-10-11-18(16(20)13-15)23-12-6-9-19(22)21-17-8-5-4-7-14(17)2/h4-5,7-8,10-11,13H,3,6,9,12H2,1-2H3,(H,21,22). The Morgan fingerprint density at radius 1 is 1.22 bits per heavy atom. The van der Waals surface area contributed by atoms with Gasteiger partial charge in [-0.1, -0.05) is 31.2 Å². The molecule has 0 heterocycles. The molecule has 0 aliphatic carbocycles. The van der Waals surface area contributed by atoms with Gasteiger partial charge < -0.3 is 10.1 Å². The number of ether oxygens (including phenoxy) is 1. The predicted octanol–water partition coefficient (Wildman–Crippen LogP) is 5.12. The van der Waals surface area contributed by atoms with Crippen molar-refractivity contribution in [2.24, 2.45) is 0 Å². The Morgan fingerprint density at radius 3 is 2.70 bits per heavy atom. The van der Waals surface area contributed by atoms with E-state index in [9.17, 15) is 4.79 Å². The van der Waals surface area contributed by atoms with Gasteiger partial charge in [-0.05, 0) is 65.0 Å². The Balaban J connectivity index is 1.75. The highest BCUT2D eigenvalue weighted by molar-refractivity contribution is 9.10. The first-order valence-electron chi connectivity index (χ1n) is 7.87. The van der Waals surface area contributed by atoms with Crippen LogP contribution in [-0.2, 0) is 11.2 Å². The highest BCUT2D eigenvalue weighted by Gasteiger charge is 2.06. The van der Waals surface area contributed by atoms with E-state index in [1.165, 1.54) is 5.56 Å². The molecule has 2 aromatic rings. The Hall–Kier alpha value is -1.81. The summed E-state index contributed by atoms with van der Waals surface area (Å²) in [4.78, 5) is 12.0. The fourth-order valence-electron chi connectivity index (χ4n) is 2.22. The maximum Gasteiger partial charge on any atom is 0.224 e. The summed E-state index contributed by atoms with van der Waals surface area (Å²) >= 11 is 3.52. The number of para-hydroxylation sites is 1. The lowest BCUT2D eigenvalue weighted by Gasteiger charge is -2.10. The van der Waals surface area contributed by atoms with Crippen molar-refractivity contribution in [1.82, 2.24) is 0 Å². The summed E-state index contributed by atoms with van der Waals surface area (Å²) in [6, 6.07) is 13.9. The first-order chi connectivity index (χ1) is 11.1. The van der Waals surface area contributed by atoms with Crippen LogP contribution >= 0.6 is 15.9 Å². The van der Waals surface area contributed by atoms with Crippen LogP contribution in [-0.4, -0.2) is 12.5 Å². The van der Waals surface area contributed by atoms with Crippen LogP contribution in [0.2, 0.25) is 0 Å². The maximum absolute atomic E-state index is 12.0. The zero-order valence-electron chi connectivity index (χ0n) is 13.6. The first kappa shape index (κ1) is 17.5. The number of nitrogens with one attached hydrogen (secondary N) is 1. The number of benzene rings is 2. The molecule has 0 fully saturated rings. The fraction of sp³-hybridized carbons (Fsp3) is 0.316. The first-order valence-corrected chi connectivity index (χ1v) is 8.66. The van der Waals surface area contributed by atoms with Gasteiger partial charge in [-0.3, -0.25) is 4.79 Å². The Morgan fingerprint density at radius 2 is 2.00 bits per heavy atom. The van der Waals surface area contributed by atoms with Crippen molar-refractivity contribution in [2.45, 2.75) is 33.1 Å². The third kappa shape index (κ3) is 5.39. The molecular weight excluding hydrogens is 354 g/mol. The molecule has 0 atom stereocenters. The number of carbonyl (C=O) groups excluding carboxylic acids is 1. The van der Waals surface area contributed by atoms with Gasteiger partial charge >= 0.3 is 0 Å². The summed E-state index contributed by atoms with van der Waals surface area (Å²) in [5.41, 5.74) is 3.20. The molecule has 2 rings (SSSR count). The Bertz CT molecular complexity index is 670. The minimum atomic E-state index is 0.0169. The quantitative estimate of drug-likeness (QED) is 0.682. The van der Waals surface area contributed by atoms with Gasteiger partial charge in [0.2, 0.25) is 5.91 Å². The van der Waals surface area contributed by atoms with E-state index >= 15 is 0 Å². The molecule has 0 aromatic heterocycles. The molecule has 122 valence electrons. The normalized spacial score (nSPS) is 10.4. The summed E-state index contributed by atoms with van der Waals surface area (Å²) in [5.74, 6) is 0.838. The smallest absolute Gasteiger partial charge is 0.224 e. The summed E-state index contributed by atoms with van der Waals surface area (Å²) in [6.07, 6.45) is 2.12. The Kier molecular flexibility index (Phi) is 6.66. The molecule has 0 bridgehead atoms. The number of anilines is 1. The van der Waals surface area contributed by atoms with Crippen molar-refractivity contribution in [3.05, 3.63) is 58.1 Å². The van der Waals surface area contributed by atoms with Gasteiger partial charge in [0.05, 0.1) is 11.1 Å². The molecule has 0 saturated heterocycles. The van der Waals surface area contributed by atoms with Crippen LogP contribution in [0.3, 0.4) is 0 Å². The van der Waals surface area contributed by atoms with Crippen molar-refractivity contribution in [3.8, 4) is 5.75 Å². The van der Waals surface area contributed by atoms with E-state index < -0.39 is 0 Å². The summed E-state index contributed by atoms with van der Waals surface area (Å²) in [6.45, 7) is 4.62. The monoisotopic (exact) mass is 375 g/mol. The number of carbonyl (C=O) groups is 1. The summed E-state index contributed by atoms with van der Waals surface area (Å²) < 4.78 is 6.69. The molecule has 4 heteroatoms. The molecule has 0 spiro atoms. The number of hydrogen-bond acceptors (Lipinski definition) is 2. The number of hydrogen-bond donors (Lipinski definition) is 1. The zero-order chi connectivity index (χ0) is 16.7. The SMILES string of the molecule is CCc1ccc(OCCCC(=O)Nc2ccccc2C)c(Br)c1. The highest BCUT2D eigenvalue weighted by atomic mass is 79.9. The van der Waals surface area contributed by atoms with Gasteiger partial charge in [0.15, 0.2) is 0 Å². The van der Waals surface area contributed by atoms with Crippen LogP contribution in [0.15, 0.2) is 46.9 Å². The average Bonchev–Trinajstić information content (AvgIpc) is 2.55. The molecule has 0 radical (unpaired) electrons. The van der Waals surface area contributed by atoms with Gasteiger partial charge in [0.1, 0.15) is 5.75 Å². The van der Waals surface area contributed by atoms with Gasteiger partial charge in [-0.15, -0.1) is 0 Å². The molecular formula is C19H22BrNO2. The molecule has 0 saturated carbocycles. The van der Waals surface area contributed by atoms with Gasteiger partial charge in [-0.25, -0.2) is 0 Å². The van der Waals surface area contributed by atoms with Crippen molar-refractivity contribution in [2.75, 3.05) is 11.9 Å². The van der Waals surface area contributed by atoms with E-state index in [0.717, 1.165) is 27.9 Å². The van der Waals surface area contributed by atoms with Crippen molar-refractivity contribution in [3.63, 3.8) is 0 Å². The van der Waals surface area contributed by atoms with Crippen LogP contribution in [0.1, 0.15) is 30.9 Å². The molecule has 1 N–H and O–H groups in total. The Labute approximate surface area is 146 Å². The van der Waals surface area contributed by atoms with Crippen LogP contribution in [0, 0.1) is 6.92 Å². The van der Waals surface area contributed by atoms with E-state index in [0.29, 0.717) is 19.4 Å². The molecule has 23 heavy (non-hydrogen) atoms. The van der Waals surface area contributed by atoms with E-state index in [-0.39, 0.29) is 5.91 Å². The lowest BCUT2D eigenvalue weighted by molar-refractivity contribution is -0.116. The third-order valence-corrected chi connectivity index (χ3v) is 4.25. The van der Waals surface area contributed by atoms with Crippen LogP contribution in [0.25, 0.3) is 0 Å². The van der Waals surface area contributed by atoms with Crippen molar-refractivity contribution in [1.29, 1.82) is 0 Å². The van der Waals surface area contributed by atoms with Crippen LogP contribution in [0.5, 0.6) is 5.75 Å². The van der Waals surface area contributed by atoms with E-state index in [1.807, 2.05) is 37.3 Å². The second-order valence-corrected chi connectivity index (χ2v) is 6.29. The minimum Gasteiger partial charge on any atom is -0.492 e. The molecule has 0 aliphatic heterocycles. The van der Waals surface area contributed by atoms with Crippen molar-refractivity contribution >= 4 is 27.5 Å². The van der Waals surface area contributed by atoms with Crippen LogP contribution < -0.4 is 10.1 Å². The number of halogens is 1. The minimum absolute atomic E-state index is 0.0169. The second kappa shape index (κ2) is 8.73. The molecule has 2 aromatic carbocycles.